The number of hydrogen-bond acceptors (Lipinski definition) is 5. The van der Waals surface area contributed by atoms with Gasteiger partial charge in [0.2, 0.25) is 0 Å². The van der Waals surface area contributed by atoms with E-state index in [0.717, 1.165) is 11.3 Å². The summed E-state index contributed by atoms with van der Waals surface area (Å²) in [7, 11) is 1.26. The van der Waals surface area contributed by atoms with Crippen LogP contribution in [0.1, 0.15) is 21.7 Å². The third-order valence-electron chi connectivity index (χ3n) is 2.87. The van der Waals surface area contributed by atoms with Crippen LogP contribution >= 0.6 is 23.2 Å². The van der Waals surface area contributed by atoms with Crippen LogP contribution in [0.2, 0.25) is 10.2 Å². The monoisotopic (exact) mass is 325 g/mol. The van der Waals surface area contributed by atoms with Gasteiger partial charge in [0.1, 0.15) is 5.15 Å². The summed E-state index contributed by atoms with van der Waals surface area (Å²) in [6.45, 7) is 2.42. The predicted molar refractivity (Wildman–Crippen MR) is 81.9 cm³/mol. The molecule has 0 amide bonds. The number of carbonyl (C=O) groups is 1. The Bertz CT molecular complexity index is 677. The van der Waals surface area contributed by atoms with Crippen LogP contribution in [0, 0.1) is 6.92 Å². The van der Waals surface area contributed by atoms with Gasteiger partial charge in [0, 0.05) is 12.3 Å². The number of hydrogen-bond donors (Lipinski definition) is 1. The number of rotatable bonds is 4. The summed E-state index contributed by atoms with van der Waals surface area (Å²) in [4.78, 5) is 19.8. The zero-order valence-corrected chi connectivity index (χ0v) is 13.0. The van der Waals surface area contributed by atoms with Gasteiger partial charge >= 0.3 is 5.97 Å². The molecule has 7 heteroatoms. The highest BCUT2D eigenvalue weighted by Gasteiger charge is 2.17. The SMILES string of the molecule is COC(=O)c1nc(Cl)cc(NCc2ncccc2C)c1Cl. The van der Waals surface area contributed by atoms with Crippen LogP contribution in [0.25, 0.3) is 0 Å². The number of ether oxygens (including phenoxy) is 1. The first kappa shape index (κ1) is 15.5. The van der Waals surface area contributed by atoms with Crippen molar-refractivity contribution in [2.45, 2.75) is 13.5 Å². The van der Waals surface area contributed by atoms with E-state index in [1.54, 1.807) is 12.3 Å². The summed E-state index contributed by atoms with van der Waals surface area (Å²) in [6.07, 6.45) is 1.71. The van der Waals surface area contributed by atoms with Crippen LogP contribution in [0.5, 0.6) is 0 Å². The fourth-order valence-corrected chi connectivity index (χ4v) is 2.18. The van der Waals surface area contributed by atoms with Gasteiger partial charge in [-0.15, -0.1) is 0 Å². The summed E-state index contributed by atoms with van der Waals surface area (Å²) in [5, 5.41) is 3.42. The molecular formula is C14H13Cl2N3O2. The zero-order valence-electron chi connectivity index (χ0n) is 11.5. The fraction of sp³-hybridized carbons (Fsp3) is 0.214. The van der Waals surface area contributed by atoms with Gasteiger partial charge in [0.15, 0.2) is 5.69 Å². The largest absolute Gasteiger partial charge is 0.464 e. The molecule has 0 aliphatic heterocycles. The molecule has 0 saturated carbocycles. The van der Waals surface area contributed by atoms with Gasteiger partial charge in [0.05, 0.1) is 30.1 Å². The van der Waals surface area contributed by atoms with Crippen molar-refractivity contribution in [3.63, 3.8) is 0 Å². The number of esters is 1. The van der Waals surface area contributed by atoms with Gasteiger partial charge in [0.25, 0.3) is 0 Å². The second-order valence-corrected chi connectivity index (χ2v) is 5.03. The quantitative estimate of drug-likeness (QED) is 0.688. The Morgan fingerprint density at radius 1 is 1.43 bits per heavy atom. The molecule has 0 bridgehead atoms. The Kier molecular flexibility index (Phi) is 4.98. The van der Waals surface area contributed by atoms with Gasteiger partial charge in [-0.1, -0.05) is 29.3 Å². The predicted octanol–water partition coefficient (Wildman–Crippen LogP) is 3.49. The summed E-state index contributed by atoms with van der Waals surface area (Å²) >= 11 is 12.1. The Balaban J connectivity index is 2.26. The molecular weight excluding hydrogens is 313 g/mol. The lowest BCUT2D eigenvalue weighted by Gasteiger charge is -2.12. The highest BCUT2D eigenvalue weighted by molar-refractivity contribution is 6.37. The van der Waals surface area contributed by atoms with Crippen LogP contribution in [0.3, 0.4) is 0 Å². The maximum absolute atomic E-state index is 11.6. The van der Waals surface area contributed by atoms with E-state index in [-0.39, 0.29) is 15.9 Å². The van der Waals surface area contributed by atoms with Gasteiger partial charge in [-0.25, -0.2) is 9.78 Å². The van der Waals surface area contributed by atoms with E-state index in [9.17, 15) is 4.79 Å². The smallest absolute Gasteiger partial charge is 0.358 e. The maximum atomic E-state index is 11.6. The van der Waals surface area contributed by atoms with E-state index >= 15 is 0 Å². The second kappa shape index (κ2) is 6.74. The van der Waals surface area contributed by atoms with Crippen molar-refractivity contribution in [3.05, 3.63) is 51.5 Å². The molecule has 0 unspecified atom stereocenters. The van der Waals surface area contributed by atoms with Crippen LogP contribution in [-0.2, 0) is 11.3 Å². The second-order valence-electron chi connectivity index (χ2n) is 4.27. The number of nitrogens with one attached hydrogen (secondary N) is 1. The van der Waals surface area contributed by atoms with Gasteiger partial charge in [-0.05, 0) is 18.6 Å². The average molecular weight is 326 g/mol. The minimum atomic E-state index is -0.639. The van der Waals surface area contributed by atoms with Crippen molar-refractivity contribution in [1.82, 2.24) is 9.97 Å². The molecule has 0 saturated heterocycles. The van der Waals surface area contributed by atoms with E-state index in [2.05, 4.69) is 20.0 Å². The maximum Gasteiger partial charge on any atom is 0.358 e. The minimum Gasteiger partial charge on any atom is -0.464 e. The number of nitrogens with zero attached hydrogens (tertiary/aromatic N) is 2. The third kappa shape index (κ3) is 3.62. The number of carbonyl (C=O) groups excluding carboxylic acids is 1. The Morgan fingerprint density at radius 3 is 2.86 bits per heavy atom. The summed E-state index contributed by atoms with van der Waals surface area (Å²) in [5.41, 5.74) is 2.41. The number of aromatic nitrogens is 2. The molecule has 0 aliphatic rings. The molecule has 0 aromatic carbocycles. The number of methoxy groups -OCH3 is 1. The van der Waals surface area contributed by atoms with E-state index in [1.807, 2.05) is 19.1 Å². The van der Waals surface area contributed by atoms with Crippen molar-refractivity contribution < 1.29 is 9.53 Å². The number of anilines is 1. The lowest BCUT2D eigenvalue weighted by Crippen LogP contribution is -2.09. The molecule has 2 aromatic rings. The normalized spacial score (nSPS) is 10.3. The highest BCUT2D eigenvalue weighted by atomic mass is 35.5. The van der Waals surface area contributed by atoms with Crippen molar-refractivity contribution >= 4 is 34.9 Å². The standard InChI is InChI=1S/C14H13Cl2N3O2/c1-8-4-3-5-17-10(8)7-18-9-6-11(15)19-13(12(9)16)14(20)21-2/h3-6H,7H2,1-2H3,(H,18,19). The van der Waals surface area contributed by atoms with Crippen LogP contribution in [0.4, 0.5) is 5.69 Å². The fourth-order valence-electron chi connectivity index (χ4n) is 1.74. The van der Waals surface area contributed by atoms with Gasteiger partial charge in [-0.2, -0.15) is 0 Å². The molecule has 110 valence electrons. The van der Waals surface area contributed by atoms with E-state index in [4.69, 9.17) is 23.2 Å². The molecule has 0 aliphatic carbocycles. The van der Waals surface area contributed by atoms with Crippen molar-refractivity contribution in [1.29, 1.82) is 0 Å². The Morgan fingerprint density at radius 2 is 2.19 bits per heavy atom. The first-order valence-corrected chi connectivity index (χ1v) is 6.87. The number of halogens is 2. The summed E-state index contributed by atoms with van der Waals surface area (Å²) in [6, 6.07) is 5.38. The lowest BCUT2D eigenvalue weighted by atomic mass is 10.2. The first-order chi connectivity index (χ1) is 10.0. The third-order valence-corrected chi connectivity index (χ3v) is 3.45. The van der Waals surface area contributed by atoms with Gasteiger partial charge in [-0.3, -0.25) is 4.98 Å². The minimum absolute atomic E-state index is 0.0214. The topological polar surface area (TPSA) is 64.1 Å². The summed E-state index contributed by atoms with van der Waals surface area (Å²) < 4.78 is 4.62. The van der Waals surface area contributed by atoms with Crippen LogP contribution in [-0.4, -0.2) is 23.0 Å². The van der Waals surface area contributed by atoms with Crippen molar-refractivity contribution in [2.24, 2.45) is 0 Å². The molecule has 0 radical (unpaired) electrons. The molecule has 0 fully saturated rings. The van der Waals surface area contributed by atoms with E-state index < -0.39 is 5.97 Å². The lowest BCUT2D eigenvalue weighted by molar-refractivity contribution is 0.0594. The van der Waals surface area contributed by atoms with Gasteiger partial charge < -0.3 is 10.1 Å². The van der Waals surface area contributed by atoms with Crippen molar-refractivity contribution in [2.75, 3.05) is 12.4 Å². The zero-order chi connectivity index (χ0) is 15.4. The number of pyridine rings is 2. The van der Waals surface area contributed by atoms with E-state index in [1.165, 1.54) is 7.11 Å². The van der Waals surface area contributed by atoms with Crippen LogP contribution in [0.15, 0.2) is 24.4 Å². The molecule has 21 heavy (non-hydrogen) atoms. The molecule has 2 rings (SSSR count). The first-order valence-electron chi connectivity index (χ1n) is 6.11. The highest BCUT2D eigenvalue weighted by Crippen LogP contribution is 2.28. The molecule has 0 atom stereocenters. The Hall–Kier alpha value is -1.85. The number of aryl methyl sites for hydroxylation is 1. The molecule has 5 nitrogen and oxygen atoms in total. The summed E-state index contributed by atoms with van der Waals surface area (Å²) in [5.74, 6) is -0.639. The van der Waals surface area contributed by atoms with E-state index in [0.29, 0.717) is 12.2 Å². The molecule has 2 aromatic heterocycles. The Labute approximate surface area is 132 Å². The molecule has 1 N–H and O–H groups in total. The van der Waals surface area contributed by atoms with Crippen molar-refractivity contribution in [3.8, 4) is 0 Å². The molecule has 2 heterocycles. The van der Waals surface area contributed by atoms with Crippen LogP contribution < -0.4 is 5.32 Å². The average Bonchev–Trinajstić information content (AvgIpc) is 2.48. The molecule has 0 spiro atoms.